The summed E-state index contributed by atoms with van der Waals surface area (Å²) >= 11 is 0. The van der Waals surface area contributed by atoms with Gasteiger partial charge < -0.3 is 15.4 Å². The molecule has 3 N–H and O–H groups in total. The first kappa shape index (κ1) is 14.7. The molecule has 1 aromatic rings. The monoisotopic (exact) mass is 279 g/mol. The summed E-state index contributed by atoms with van der Waals surface area (Å²) in [6.07, 6.45) is 2.23. The second-order valence-corrected chi connectivity index (χ2v) is 5.42. The van der Waals surface area contributed by atoms with E-state index < -0.39 is 6.10 Å². The molecule has 1 fully saturated rings. The molecule has 1 heterocycles. The van der Waals surface area contributed by atoms with Crippen LogP contribution in [0, 0.1) is 19.8 Å². The zero-order valence-corrected chi connectivity index (χ0v) is 11.9. The van der Waals surface area contributed by atoms with Crippen molar-refractivity contribution in [3.63, 3.8) is 0 Å². The van der Waals surface area contributed by atoms with Gasteiger partial charge in [0.2, 0.25) is 5.91 Å². The summed E-state index contributed by atoms with van der Waals surface area (Å²) in [4.78, 5) is 30.3. The van der Waals surface area contributed by atoms with Gasteiger partial charge in [0, 0.05) is 24.2 Å². The topological polar surface area (TPSA) is 95.1 Å². The molecule has 6 heteroatoms. The van der Waals surface area contributed by atoms with Gasteiger partial charge in [-0.05, 0) is 39.0 Å². The van der Waals surface area contributed by atoms with E-state index in [1.54, 1.807) is 13.8 Å². The van der Waals surface area contributed by atoms with E-state index in [4.69, 9.17) is 0 Å². The summed E-state index contributed by atoms with van der Waals surface area (Å²) < 4.78 is 0. The van der Waals surface area contributed by atoms with Gasteiger partial charge in [-0.3, -0.25) is 9.59 Å². The molecule has 1 saturated carbocycles. The molecule has 0 aromatic carbocycles. The van der Waals surface area contributed by atoms with Crippen LogP contribution in [0.15, 0.2) is 4.79 Å². The maximum Gasteiger partial charge on any atom is 0.254 e. The highest BCUT2D eigenvalue weighted by molar-refractivity contribution is 5.76. The number of aromatic nitrogens is 2. The standard InChI is InChI=1S/C14H21N3O3/c1-8-11(14(20)17-9(2)16-8)5-6-13(19)15-7-12(18)10-3-4-10/h10,12,18H,3-7H2,1-2H3,(H,15,19)(H,16,17,20). The lowest BCUT2D eigenvalue weighted by atomic mass is 10.1. The zero-order chi connectivity index (χ0) is 14.7. The summed E-state index contributed by atoms with van der Waals surface area (Å²) in [5.74, 6) is 0.777. The van der Waals surface area contributed by atoms with Crippen molar-refractivity contribution in [1.82, 2.24) is 15.3 Å². The van der Waals surface area contributed by atoms with Crippen LogP contribution in [0.5, 0.6) is 0 Å². The number of amides is 1. The number of hydrogen-bond acceptors (Lipinski definition) is 4. The molecule has 1 amide bonds. The number of aromatic amines is 1. The predicted molar refractivity (Wildman–Crippen MR) is 74.4 cm³/mol. The zero-order valence-electron chi connectivity index (χ0n) is 11.9. The first-order chi connectivity index (χ1) is 9.47. The van der Waals surface area contributed by atoms with Gasteiger partial charge in [0.25, 0.3) is 5.56 Å². The van der Waals surface area contributed by atoms with Crippen molar-refractivity contribution in [2.75, 3.05) is 6.54 Å². The fourth-order valence-electron chi connectivity index (χ4n) is 2.24. The summed E-state index contributed by atoms with van der Waals surface area (Å²) in [6, 6.07) is 0. The van der Waals surface area contributed by atoms with E-state index in [9.17, 15) is 14.7 Å². The van der Waals surface area contributed by atoms with E-state index in [0.717, 1.165) is 12.8 Å². The van der Waals surface area contributed by atoms with Crippen molar-refractivity contribution in [2.45, 2.75) is 45.6 Å². The number of aryl methyl sites for hydroxylation is 2. The van der Waals surface area contributed by atoms with Gasteiger partial charge in [0.1, 0.15) is 5.82 Å². The predicted octanol–water partition coefficient (Wildman–Crippen LogP) is 0.206. The van der Waals surface area contributed by atoms with E-state index in [1.807, 2.05) is 0 Å². The number of carbonyl (C=O) groups is 1. The second kappa shape index (κ2) is 6.17. The van der Waals surface area contributed by atoms with Crippen molar-refractivity contribution in [3.05, 3.63) is 27.4 Å². The molecule has 0 radical (unpaired) electrons. The molecule has 0 aliphatic heterocycles. The Labute approximate surface area is 117 Å². The van der Waals surface area contributed by atoms with Crippen LogP contribution in [-0.2, 0) is 11.2 Å². The lowest BCUT2D eigenvalue weighted by molar-refractivity contribution is -0.121. The van der Waals surface area contributed by atoms with Crippen LogP contribution >= 0.6 is 0 Å². The fourth-order valence-corrected chi connectivity index (χ4v) is 2.24. The van der Waals surface area contributed by atoms with Crippen molar-refractivity contribution in [2.24, 2.45) is 5.92 Å². The number of carbonyl (C=O) groups excluding carboxylic acids is 1. The van der Waals surface area contributed by atoms with Gasteiger partial charge in [-0.1, -0.05) is 0 Å². The average Bonchev–Trinajstić information content (AvgIpc) is 3.18. The summed E-state index contributed by atoms with van der Waals surface area (Å²) in [5.41, 5.74) is 1.03. The van der Waals surface area contributed by atoms with Crippen LogP contribution in [-0.4, -0.2) is 33.6 Å². The SMILES string of the molecule is Cc1nc(C)c(CCC(=O)NCC(O)C2CC2)c(=O)[nH]1. The first-order valence-corrected chi connectivity index (χ1v) is 6.98. The molecule has 110 valence electrons. The number of nitrogens with one attached hydrogen (secondary N) is 2. The highest BCUT2D eigenvalue weighted by Crippen LogP contribution is 2.32. The number of H-pyrrole nitrogens is 1. The van der Waals surface area contributed by atoms with Crippen molar-refractivity contribution >= 4 is 5.91 Å². The van der Waals surface area contributed by atoms with Gasteiger partial charge >= 0.3 is 0 Å². The molecule has 6 nitrogen and oxygen atoms in total. The molecule has 20 heavy (non-hydrogen) atoms. The molecule has 0 saturated heterocycles. The van der Waals surface area contributed by atoms with E-state index >= 15 is 0 Å². The van der Waals surface area contributed by atoms with Crippen LogP contribution in [0.1, 0.15) is 36.3 Å². The maximum atomic E-state index is 11.8. The van der Waals surface area contributed by atoms with E-state index in [0.29, 0.717) is 36.0 Å². The maximum absolute atomic E-state index is 11.8. The number of hydrogen-bond donors (Lipinski definition) is 3. The minimum Gasteiger partial charge on any atom is -0.391 e. The molecule has 0 bridgehead atoms. The Bertz CT molecular complexity index is 549. The van der Waals surface area contributed by atoms with Crippen molar-refractivity contribution in [1.29, 1.82) is 0 Å². The van der Waals surface area contributed by atoms with Crippen LogP contribution in [0.3, 0.4) is 0 Å². The third-order valence-electron chi connectivity index (χ3n) is 3.62. The lowest BCUT2D eigenvalue weighted by Gasteiger charge is -2.10. The Morgan fingerprint density at radius 2 is 2.20 bits per heavy atom. The Morgan fingerprint density at radius 1 is 1.50 bits per heavy atom. The normalized spacial score (nSPS) is 15.9. The summed E-state index contributed by atoms with van der Waals surface area (Å²) in [6.45, 7) is 3.79. The minimum atomic E-state index is -0.440. The molecular formula is C14H21N3O3. The van der Waals surface area contributed by atoms with E-state index in [2.05, 4.69) is 15.3 Å². The summed E-state index contributed by atoms with van der Waals surface area (Å²) in [7, 11) is 0. The van der Waals surface area contributed by atoms with Gasteiger partial charge in [-0.2, -0.15) is 0 Å². The molecular weight excluding hydrogens is 258 g/mol. The number of aliphatic hydroxyl groups excluding tert-OH is 1. The quantitative estimate of drug-likeness (QED) is 0.693. The Morgan fingerprint density at radius 3 is 2.80 bits per heavy atom. The first-order valence-electron chi connectivity index (χ1n) is 6.98. The number of rotatable bonds is 6. The third-order valence-corrected chi connectivity index (χ3v) is 3.62. The highest BCUT2D eigenvalue weighted by atomic mass is 16.3. The van der Waals surface area contributed by atoms with Crippen LogP contribution < -0.4 is 10.9 Å². The minimum absolute atomic E-state index is 0.149. The molecule has 2 rings (SSSR count). The molecule has 0 spiro atoms. The molecule has 1 unspecified atom stereocenters. The Hall–Kier alpha value is -1.69. The van der Waals surface area contributed by atoms with Crippen LogP contribution in [0.4, 0.5) is 0 Å². The van der Waals surface area contributed by atoms with Crippen molar-refractivity contribution in [3.8, 4) is 0 Å². The smallest absolute Gasteiger partial charge is 0.254 e. The molecule has 1 aliphatic carbocycles. The van der Waals surface area contributed by atoms with E-state index in [-0.39, 0.29) is 17.9 Å². The lowest BCUT2D eigenvalue weighted by Crippen LogP contribution is -2.33. The van der Waals surface area contributed by atoms with E-state index in [1.165, 1.54) is 0 Å². The second-order valence-electron chi connectivity index (χ2n) is 5.42. The largest absolute Gasteiger partial charge is 0.391 e. The number of nitrogens with zero attached hydrogens (tertiary/aromatic N) is 1. The van der Waals surface area contributed by atoms with Crippen molar-refractivity contribution < 1.29 is 9.90 Å². The third kappa shape index (κ3) is 3.90. The Balaban J connectivity index is 1.82. The molecule has 1 aliphatic rings. The van der Waals surface area contributed by atoms with Gasteiger partial charge in [-0.15, -0.1) is 0 Å². The van der Waals surface area contributed by atoms with Gasteiger partial charge in [0.15, 0.2) is 0 Å². The molecule has 1 atom stereocenters. The number of aliphatic hydroxyl groups is 1. The van der Waals surface area contributed by atoms with Gasteiger partial charge in [0.05, 0.1) is 6.10 Å². The Kier molecular flexibility index (Phi) is 4.54. The summed E-state index contributed by atoms with van der Waals surface area (Å²) in [5, 5.41) is 12.4. The fraction of sp³-hybridized carbons (Fsp3) is 0.643. The van der Waals surface area contributed by atoms with Gasteiger partial charge in [-0.25, -0.2) is 4.98 Å². The molecule has 1 aromatic heterocycles. The average molecular weight is 279 g/mol. The van der Waals surface area contributed by atoms with Crippen LogP contribution in [0.25, 0.3) is 0 Å². The van der Waals surface area contributed by atoms with Crippen LogP contribution in [0.2, 0.25) is 0 Å². The highest BCUT2D eigenvalue weighted by Gasteiger charge is 2.29.